The minimum absolute atomic E-state index is 0.111. The van der Waals surface area contributed by atoms with Crippen molar-refractivity contribution in [1.82, 2.24) is 0 Å². The van der Waals surface area contributed by atoms with Crippen LogP contribution in [0.5, 0.6) is 5.75 Å². The molecule has 106 valence electrons. The van der Waals surface area contributed by atoms with Gasteiger partial charge in [-0.05, 0) is 38.1 Å². The summed E-state index contributed by atoms with van der Waals surface area (Å²) in [5.41, 5.74) is 1.66. The number of hydrogen-bond acceptors (Lipinski definition) is 2. The van der Waals surface area contributed by atoms with E-state index in [0.717, 1.165) is 11.3 Å². The minimum atomic E-state index is -0.355. The van der Waals surface area contributed by atoms with Crippen LogP contribution in [0, 0.1) is 5.82 Å². The van der Waals surface area contributed by atoms with Crippen LogP contribution in [0.3, 0.4) is 0 Å². The molecule has 0 amide bonds. The Kier molecular flexibility index (Phi) is 4.85. The molecule has 2 nitrogen and oxygen atoms in total. The molecule has 4 heteroatoms. The second-order valence-electron chi connectivity index (χ2n) is 4.79. The molecule has 0 aliphatic carbocycles. The van der Waals surface area contributed by atoms with Crippen LogP contribution in [-0.4, -0.2) is 6.10 Å². The fourth-order valence-electron chi connectivity index (χ4n) is 1.87. The molecule has 0 aliphatic rings. The van der Waals surface area contributed by atoms with Gasteiger partial charge in [0.25, 0.3) is 0 Å². The van der Waals surface area contributed by atoms with E-state index in [1.165, 1.54) is 12.1 Å². The van der Waals surface area contributed by atoms with Gasteiger partial charge >= 0.3 is 0 Å². The van der Waals surface area contributed by atoms with Crippen molar-refractivity contribution >= 4 is 17.3 Å². The van der Waals surface area contributed by atoms with Gasteiger partial charge in [-0.2, -0.15) is 0 Å². The van der Waals surface area contributed by atoms with E-state index in [4.69, 9.17) is 16.3 Å². The third-order valence-electron chi connectivity index (χ3n) is 2.68. The summed E-state index contributed by atoms with van der Waals surface area (Å²) in [6.45, 7) is 4.51. The van der Waals surface area contributed by atoms with Crippen LogP contribution in [0.2, 0.25) is 5.02 Å². The highest BCUT2D eigenvalue weighted by molar-refractivity contribution is 6.30. The third kappa shape index (κ3) is 4.14. The minimum Gasteiger partial charge on any atom is -0.491 e. The van der Waals surface area contributed by atoms with Crippen LogP contribution >= 0.6 is 11.6 Å². The van der Waals surface area contributed by atoms with E-state index >= 15 is 0 Å². The summed E-state index contributed by atoms with van der Waals surface area (Å²) >= 11 is 5.83. The fourth-order valence-corrected chi connectivity index (χ4v) is 2.09. The van der Waals surface area contributed by atoms with Gasteiger partial charge in [-0.1, -0.05) is 29.8 Å². The lowest BCUT2D eigenvalue weighted by molar-refractivity contribution is 0.240. The molecule has 0 saturated carbocycles. The molecule has 0 spiro atoms. The smallest absolute Gasteiger partial charge is 0.126 e. The highest BCUT2D eigenvalue weighted by Gasteiger charge is 2.05. The maximum atomic E-state index is 13.3. The van der Waals surface area contributed by atoms with Gasteiger partial charge in [-0.15, -0.1) is 0 Å². The van der Waals surface area contributed by atoms with Crippen molar-refractivity contribution in [2.75, 3.05) is 5.32 Å². The van der Waals surface area contributed by atoms with Crippen molar-refractivity contribution in [1.29, 1.82) is 0 Å². The summed E-state index contributed by atoms with van der Waals surface area (Å²) < 4.78 is 19.0. The second kappa shape index (κ2) is 6.62. The number of anilines is 1. The van der Waals surface area contributed by atoms with Crippen LogP contribution in [-0.2, 0) is 6.54 Å². The number of para-hydroxylation sites is 1. The van der Waals surface area contributed by atoms with Crippen LogP contribution < -0.4 is 10.1 Å². The number of hydrogen-bond donors (Lipinski definition) is 1. The van der Waals surface area contributed by atoms with Crippen molar-refractivity contribution in [2.24, 2.45) is 0 Å². The molecule has 1 N–H and O–H groups in total. The maximum Gasteiger partial charge on any atom is 0.126 e. The monoisotopic (exact) mass is 293 g/mol. The first-order valence-electron chi connectivity index (χ1n) is 6.49. The molecular formula is C16H17ClFNO. The molecule has 0 saturated heterocycles. The molecule has 0 aromatic heterocycles. The van der Waals surface area contributed by atoms with Gasteiger partial charge < -0.3 is 10.1 Å². The number of rotatable bonds is 5. The lowest BCUT2D eigenvalue weighted by Gasteiger charge is -2.15. The van der Waals surface area contributed by atoms with Gasteiger partial charge in [0, 0.05) is 22.8 Å². The van der Waals surface area contributed by atoms with E-state index in [-0.39, 0.29) is 11.9 Å². The van der Waals surface area contributed by atoms with E-state index in [2.05, 4.69) is 5.32 Å². The molecule has 0 radical (unpaired) electrons. The van der Waals surface area contributed by atoms with E-state index < -0.39 is 0 Å². The number of benzene rings is 2. The number of halogens is 2. The second-order valence-corrected chi connectivity index (χ2v) is 5.22. The zero-order valence-electron chi connectivity index (χ0n) is 11.5. The first-order chi connectivity index (χ1) is 9.54. The molecule has 0 atom stereocenters. The summed E-state index contributed by atoms with van der Waals surface area (Å²) in [5, 5.41) is 3.53. The Morgan fingerprint density at radius 1 is 1.20 bits per heavy atom. The molecule has 2 aromatic carbocycles. The molecule has 0 fully saturated rings. The predicted molar refractivity (Wildman–Crippen MR) is 80.9 cm³/mol. The number of nitrogens with one attached hydrogen (secondary N) is 1. The van der Waals surface area contributed by atoms with Gasteiger partial charge in [0.1, 0.15) is 11.6 Å². The highest BCUT2D eigenvalue weighted by atomic mass is 35.5. The predicted octanol–water partition coefficient (Wildman–Crippen LogP) is 4.88. The van der Waals surface area contributed by atoms with Crippen LogP contribution in [0.15, 0.2) is 42.5 Å². The molecule has 0 heterocycles. The average molecular weight is 294 g/mol. The van der Waals surface area contributed by atoms with Crippen molar-refractivity contribution in [3.8, 4) is 5.75 Å². The van der Waals surface area contributed by atoms with E-state index in [0.29, 0.717) is 17.3 Å². The zero-order chi connectivity index (χ0) is 14.5. The van der Waals surface area contributed by atoms with Gasteiger partial charge in [0.05, 0.1) is 6.10 Å². The Morgan fingerprint density at radius 2 is 1.95 bits per heavy atom. The van der Waals surface area contributed by atoms with Crippen LogP contribution in [0.1, 0.15) is 19.4 Å². The highest BCUT2D eigenvalue weighted by Crippen LogP contribution is 2.22. The quantitative estimate of drug-likeness (QED) is 0.848. The molecule has 20 heavy (non-hydrogen) atoms. The zero-order valence-corrected chi connectivity index (χ0v) is 12.2. The molecule has 0 aliphatic heterocycles. The number of ether oxygens (including phenoxy) is 1. The summed E-state index contributed by atoms with van der Waals surface area (Å²) in [5.74, 6) is 0.476. The average Bonchev–Trinajstić information content (AvgIpc) is 2.36. The van der Waals surface area contributed by atoms with Gasteiger partial charge in [0.2, 0.25) is 0 Å². The summed E-state index contributed by atoms with van der Waals surface area (Å²) in [6.07, 6.45) is 0.111. The lowest BCUT2D eigenvalue weighted by Crippen LogP contribution is -2.09. The topological polar surface area (TPSA) is 21.3 Å². The molecule has 2 rings (SSSR count). The van der Waals surface area contributed by atoms with Gasteiger partial charge in [-0.25, -0.2) is 4.39 Å². The van der Waals surface area contributed by atoms with Crippen molar-refractivity contribution < 1.29 is 9.13 Å². The standard InChI is InChI=1S/C16H17ClFNO/c1-11(2)20-16-6-4-3-5-12(16)10-19-15-8-13(17)7-14(18)9-15/h3-9,11,19H,10H2,1-2H3. The Labute approximate surface area is 123 Å². The Balaban J connectivity index is 2.10. The SMILES string of the molecule is CC(C)Oc1ccccc1CNc1cc(F)cc(Cl)c1. The Hall–Kier alpha value is -1.74. The summed E-state index contributed by atoms with van der Waals surface area (Å²) in [4.78, 5) is 0. The summed E-state index contributed by atoms with van der Waals surface area (Å²) in [6, 6.07) is 12.2. The van der Waals surface area contributed by atoms with Crippen LogP contribution in [0.4, 0.5) is 10.1 Å². The van der Waals surface area contributed by atoms with Gasteiger partial charge in [0.15, 0.2) is 0 Å². The van der Waals surface area contributed by atoms with Crippen molar-refractivity contribution in [3.05, 3.63) is 58.9 Å². The third-order valence-corrected chi connectivity index (χ3v) is 2.90. The summed E-state index contributed by atoms with van der Waals surface area (Å²) in [7, 11) is 0. The normalized spacial score (nSPS) is 10.7. The van der Waals surface area contributed by atoms with Crippen molar-refractivity contribution in [3.63, 3.8) is 0 Å². The first-order valence-corrected chi connectivity index (χ1v) is 6.87. The van der Waals surface area contributed by atoms with Crippen molar-refractivity contribution in [2.45, 2.75) is 26.5 Å². The fraction of sp³-hybridized carbons (Fsp3) is 0.250. The Bertz CT molecular complexity index is 566. The Morgan fingerprint density at radius 3 is 2.65 bits per heavy atom. The molecular weight excluding hydrogens is 277 g/mol. The molecule has 2 aromatic rings. The lowest BCUT2D eigenvalue weighted by atomic mass is 10.2. The van der Waals surface area contributed by atoms with E-state index in [1.807, 2.05) is 38.1 Å². The first kappa shape index (κ1) is 14.7. The molecule has 0 unspecified atom stereocenters. The van der Waals surface area contributed by atoms with Gasteiger partial charge in [-0.3, -0.25) is 0 Å². The largest absolute Gasteiger partial charge is 0.491 e. The maximum absolute atomic E-state index is 13.3. The van der Waals surface area contributed by atoms with E-state index in [1.54, 1.807) is 6.07 Å². The van der Waals surface area contributed by atoms with E-state index in [9.17, 15) is 4.39 Å². The van der Waals surface area contributed by atoms with Crippen LogP contribution in [0.25, 0.3) is 0 Å². The molecule has 0 bridgehead atoms.